The van der Waals surface area contributed by atoms with E-state index in [2.05, 4.69) is 5.10 Å². The molecule has 0 aromatic carbocycles. The summed E-state index contributed by atoms with van der Waals surface area (Å²) < 4.78 is 33.5. The van der Waals surface area contributed by atoms with E-state index in [9.17, 15) is 8.42 Å². The van der Waals surface area contributed by atoms with E-state index >= 15 is 0 Å². The fourth-order valence-electron chi connectivity index (χ4n) is 2.15. The molecule has 0 amide bonds. The average molecular weight is 288 g/mol. The molecule has 108 valence electrons. The number of sulfonamides is 1. The third-order valence-electron chi connectivity index (χ3n) is 3.22. The van der Waals surface area contributed by atoms with Gasteiger partial charge >= 0.3 is 0 Å². The van der Waals surface area contributed by atoms with Gasteiger partial charge in [-0.15, -0.1) is 0 Å². The van der Waals surface area contributed by atoms with Crippen LogP contribution in [-0.4, -0.2) is 54.8 Å². The maximum atomic E-state index is 12.6. The molecule has 2 rings (SSSR count). The Bertz CT molecular complexity index is 514. The normalized spacial score (nSPS) is 21.7. The summed E-state index contributed by atoms with van der Waals surface area (Å²) in [6.45, 7) is 4.17. The van der Waals surface area contributed by atoms with Crippen molar-refractivity contribution in [3.63, 3.8) is 0 Å². The molecule has 1 saturated heterocycles. The first-order valence-electron chi connectivity index (χ1n) is 6.41. The lowest BCUT2D eigenvalue weighted by Gasteiger charge is -2.33. The van der Waals surface area contributed by atoms with Gasteiger partial charge in [0.15, 0.2) is 0 Å². The van der Waals surface area contributed by atoms with Crippen molar-refractivity contribution in [3.8, 4) is 0 Å². The van der Waals surface area contributed by atoms with Crippen molar-refractivity contribution in [1.82, 2.24) is 14.1 Å². The maximum Gasteiger partial charge on any atom is 0.246 e. The second-order valence-electron chi connectivity index (χ2n) is 4.48. The maximum absolute atomic E-state index is 12.6. The first-order chi connectivity index (χ1) is 9.09. The van der Waals surface area contributed by atoms with Gasteiger partial charge in [-0.05, 0) is 6.42 Å². The molecule has 1 atom stereocenters. The van der Waals surface area contributed by atoms with Crippen LogP contribution in [0.2, 0.25) is 0 Å². The van der Waals surface area contributed by atoms with Crippen LogP contribution < -0.4 is 5.73 Å². The number of nitrogens with zero attached hydrogens (tertiary/aromatic N) is 3. The van der Waals surface area contributed by atoms with Crippen molar-refractivity contribution in [2.24, 2.45) is 5.73 Å². The summed E-state index contributed by atoms with van der Waals surface area (Å²) in [5.41, 5.74) is 5.43. The highest BCUT2D eigenvalue weighted by Crippen LogP contribution is 2.21. The minimum absolute atomic E-state index is 0.100. The predicted octanol–water partition coefficient (Wildman–Crippen LogP) is -0.359. The molecule has 7 nitrogen and oxygen atoms in total. The van der Waals surface area contributed by atoms with Gasteiger partial charge in [0.1, 0.15) is 4.90 Å². The molecular formula is C11H20N4O3S. The number of hydrogen-bond donors (Lipinski definition) is 1. The number of morpholine rings is 1. The van der Waals surface area contributed by atoms with E-state index in [0.717, 1.165) is 6.42 Å². The summed E-state index contributed by atoms with van der Waals surface area (Å²) >= 11 is 0. The van der Waals surface area contributed by atoms with Gasteiger partial charge in [-0.2, -0.15) is 9.40 Å². The topological polar surface area (TPSA) is 90.5 Å². The van der Waals surface area contributed by atoms with Gasteiger partial charge in [0, 0.05) is 25.3 Å². The second-order valence-corrected chi connectivity index (χ2v) is 6.37. The van der Waals surface area contributed by atoms with Crippen LogP contribution in [0, 0.1) is 0 Å². The Kier molecular flexibility index (Phi) is 4.56. The molecule has 1 aromatic rings. The summed E-state index contributed by atoms with van der Waals surface area (Å²) in [4.78, 5) is 0.223. The summed E-state index contributed by atoms with van der Waals surface area (Å²) in [5, 5.41) is 4.02. The molecule has 1 aliphatic rings. The van der Waals surface area contributed by atoms with Gasteiger partial charge < -0.3 is 10.5 Å². The van der Waals surface area contributed by atoms with Crippen molar-refractivity contribution >= 4 is 10.0 Å². The van der Waals surface area contributed by atoms with Crippen LogP contribution in [0.5, 0.6) is 0 Å². The van der Waals surface area contributed by atoms with Gasteiger partial charge in [0.05, 0.1) is 26.0 Å². The van der Waals surface area contributed by atoms with Gasteiger partial charge in [0.25, 0.3) is 0 Å². The predicted molar refractivity (Wildman–Crippen MR) is 70.1 cm³/mol. The van der Waals surface area contributed by atoms with Crippen LogP contribution in [0.15, 0.2) is 17.3 Å². The van der Waals surface area contributed by atoms with Crippen LogP contribution in [-0.2, 0) is 21.3 Å². The Morgan fingerprint density at radius 3 is 3.05 bits per heavy atom. The first kappa shape index (κ1) is 14.4. The fourth-order valence-corrected chi connectivity index (χ4v) is 3.77. The van der Waals surface area contributed by atoms with Gasteiger partial charge in [-0.25, -0.2) is 8.42 Å². The fraction of sp³-hybridized carbons (Fsp3) is 0.727. The SMILES string of the molecule is CCC1COCCN1S(=O)(=O)c1cnn(CCN)c1. The van der Waals surface area contributed by atoms with Crippen LogP contribution in [0.4, 0.5) is 0 Å². The lowest BCUT2D eigenvalue weighted by atomic mass is 10.2. The molecule has 1 aromatic heterocycles. The van der Waals surface area contributed by atoms with Crippen LogP contribution in [0.1, 0.15) is 13.3 Å². The number of hydrogen-bond acceptors (Lipinski definition) is 5. The van der Waals surface area contributed by atoms with Gasteiger partial charge in [-0.1, -0.05) is 6.92 Å². The minimum Gasteiger partial charge on any atom is -0.378 e. The van der Waals surface area contributed by atoms with E-state index in [1.807, 2.05) is 6.92 Å². The molecule has 1 aliphatic heterocycles. The monoisotopic (exact) mass is 288 g/mol. The zero-order valence-electron chi connectivity index (χ0n) is 11.0. The Morgan fingerprint density at radius 2 is 2.37 bits per heavy atom. The lowest BCUT2D eigenvalue weighted by molar-refractivity contribution is 0.0314. The number of ether oxygens (including phenoxy) is 1. The van der Waals surface area contributed by atoms with Crippen LogP contribution in [0.25, 0.3) is 0 Å². The number of rotatable bonds is 5. The van der Waals surface area contributed by atoms with E-state index in [1.54, 1.807) is 4.68 Å². The average Bonchev–Trinajstić information content (AvgIpc) is 2.88. The molecule has 0 bridgehead atoms. The smallest absolute Gasteiger partial charge is 0.246 e. The lowest BCUT2D eigenvalue weighted by Crippen LogP contribution is -2.48. The molecule has 0 aliphatic carbocycles. The van der Waals surface area contributed by atoms with Gasteiger partial charge in [0.2, 0.25) is 10.0 Å². The van der Waals surface area contributed by atoms with E-state index in [4.69, 9.17) is 10.5 Å². The van der Waals surface area contributed by atoms with E-state index in [1.165, 1.54) is 16.7 Å². The molecule has 1 unspecified atom stereocenters. The van der Waals surface area contributed by atoms with Crippen LogP contribution >= 0.6 is 0 Å². The third kappa shape index (κ3) is 2.97. The van der Waals surface area contributed by atoms with Crippen molar-refractivity contribution in [2.75, 3.05) is 26.3 Å². The van der Waals surface area contributed by atoms with Crippen molar-refractivity contribution in [1.29, 1.82) is 0 Å². The molecule has 1 fully saturated rings. The summed E-state index contributed by atoms with van der Waals surface area (Å²) in [6.07, 6.45) is 3.65. The largest absolute Gasteiger partial charge is 0.378 e. The molecule has 19 heavy (non-hydrogen) atoms. The van der Waals surface area contributed by atoms with Gasteiger partial charge in [-0.3, -0.25) is 4.68 Å². The zero-order valence-corrected chi connectivity index (χ0v) is 11.8. The molecule has 0 saturated carbocycles. The zero-order chi connectivity index (χ0) is 13.9. The highest BCUT2D eigenvalue weighted by atomic mass is 32.2. The quantitative estimate of drug-likeness (QED) is 0.799. The number of aromatic nitrogens is 2. The summed E-state index contributed by atoms with van der Waals surface area (Å²) in [6, 6.07) is -0.100. The Morgan fingerprint density at radius 1 is 1.58 bits per heavy atom. The van der Waals surface area contributed by atoms with Crippen molar-refractivity contribution < 1.29 is 13.2 Å². The highest BCUT2D eigenvalue weighted by molar-refractivity contribution is 7.89. The van der Waals surface area contributed by atoms with E-state index < -0.39 is 10.0 Å². The molecule has 2 heterocycles. The molecular weight excluding hydrogens is 268 g/mol. The molecule has 2 N–H and O–H groups in total. The van der Waals surface area contributed by atoms with E-state index in [0.29, 0.717) is 32.8 Å². The van der Waals surface area contributed by atoms with Crippen molar-refractivity contribution in [2.45, 2.75) is 30.8 Å². The Balaban J connectivity index is 2.24. The second kappa shape index (κ2) is 6.00. The third-order valence-corrected chi connectivity index (χ3v) is 5.12. The standard InChI is InChI=1S/C11H20N4O3S/c1-2-10-9-18-6-5-15(10)19(16,17)11-7-13-14(8-11)4-3-12/h7-8,10H,2-6,9,12H2,1H3. The molecule has 0 spiro atoms. The number of nitrogens with two attached hydrogens (primary N) is 1. The Labute approximate surface area is 113 Å². The molecule has 8 heteroatoms. The highest BCUT2D eigenvalue weighted by Gasteiger charge is 2.33. The Hall–Kier alpha value is -0.960. The summed E-state index contributed by atoms with van der Waals surface area (Å²) in [7, 11) is -3.49. The van der Waals surface area contributed by atoms with Crippen molar-refractivity contribution in [3.05, 3.63) is 12.4 Å². The summed E-state index contributed by atoms with van der Waals surface area (Å²) in [5.74, 6) is 0. The molecule has 0 radical (unpaired) electrons. The van der Waals surface area contributed by atoms with Crippen LogP contribution in [0.3, 0.4) is 0 Å². The van der Waals surface area contributed by atoms with E-state index in [-0.39, 0.29) is 10.9 Å². The minimum atomic E-state index is -3.49. The first-order valence-corrected chi connectivity index (χ1v) is 7.85.